The number of nitrogens with zero attached hydrogens (tertiary/aromatic N) is 1. The molecule has 0 unspecified atom stereocenters. The second kappa shape index (κ2) is 8.83. The molecule has 0 saturated carbocycles. The van der Waals surface area contributed by atoms with Gasteiger partial charge in [0.05, 0.1) is 29.8 Å². The van der Waals surface area contributed by atoms with Crippen molar-refractivity contribution in [3.05, 3.63) is 53.6 Å². The zero-order valence-electron chi connectivity index (χ0n) is 16.1. The minimum atomic E-state index is -4.65. The van der Waals surface area contributed by atoms with E-state index in [0.29, 0.717) is 11.3 Å². The SMILES string of the molecule is CCN(CC(=O)Nc1ccccc1C(F)(F)F)S(=O)(=O)c1ccc(OC)c(C)c1. The van der Waals surface area contributed by atoms with E-state index in [-0.39, 0.29) is 11.4 Å². The lowest BCUT2D eigenvalue weighted by molar-refractivity contribution is -0.137. The van der Waals surface area contributed by atoms with E-state index in [1.165, 1.54) is 44.4 Å². The normalized spacial score (nSPS) is 12.1. The monoisotopic (exact) mass is 430 g/mol. The summed E-state index contributed by atoms with van der Waals surface area (Å²) in [5.74, 6) is -0.370. The lowest BCUT2D eigenvalue weighted by atomic mass is 10.1. The van der Waals surface area contributed by atoms with Gasteiger partial charge in [0.2, 0.25) is 15.9 Å². The highest BCUT2D eigenvalue weighted by Gasteiger charge is 2.34. The lowest BCUT2D eigenvalue weighted by Crippen LogP contribution is -2.38. The van der Waals surface area contributed by atoms with Gasteiger partial charge in [-0.15, -0.1) is 0 Å². The Balaban J connectivity index is 2.23. The number of amides is 1. The highest BCUT2D eigenvalue weighted by atomic mass is 32.2. The maximum absolute atomic E-state index is 13.1. The molecule has 0 atom stereocenters. The molecule has 29 heavy (non-hydrogen) atoms. The van der Waals surface area contributed by atoms with Crippen LogP contribution in [0.2, 0.25) is 0 Å². The maximum Gasteiger partial charge on any atom is 0.418 e. The molecule has 0 aliphatic rings. The molecule has 0 spiro atoms. The number of halogens is 3. The van der Waals surface area contributed by atoms with E-state index in [1.807, 2.05) is 0 Å². The van der Waals surface area contributed by atoms with E-state index >= 15 is 0 Å². The molecule has 0 fully saturated rings. The zero-order chi connectivity index (χ0) is 21.8. The number of benzene rings is 2. The number of anilines is 1. The number of ether oxygens (including phenoxy) is 1. The predicted octanol–water partition coefficient (Wildman–Crippen LogP) is 3.67. The molecule has 158 valence electrons. The fourth-order valence-corrected chi connectivity index (χ4v) is 4.21. The molecule has 1 amide bonds. The van der Waals surface area contributed by atoms with Gasteiger partial charge in [-0.1, -0.05) is 19.1 Å². The van der Waals surface area contributed by atoms with E-state index in [4.69, 9.17) is 4.74 Å². The van der Waals surface area contributed by atoms with Crippen LogP contribution in [0, 0.1) is 6.92 Å². The molecule has 6 nitrogen and oxygen atoms in total. The molecule has 2 rings (SSSR count). The molecule has 0 bridgehead atoms. The Hall–Kier alpha value is -2.59. The largest absolute Gasteiger partial charge is 0.496 e. The standard InChI is InChI=1S/C19H21F3N2O4S/c1-4-24(29(26,27)14-9-10-17(28-3)13(2)11-14)12-18(25)23-16-8-6-5-7-15(16)19(20,21)22/h5-11H,4,12H2,1-3H3,(H,23,25). The summed E-state index contributed by atoms with van der Waals surface area (Å²) >= 11 is 0. The van der Waals surface area contributed by atoms with E-state index in [1.54, 1.807) is 6.92 Å². The molecular formula is C19H21F3N2O4S. The first-order chi connectivity index (χ1) is 13.5. The molecular weight excluding hydrogens is 409 g/mol. The molecule has 1 N–H and O–H groups in total. The molecule has 0 aliphatic carbocycles. The molecule has 0 aromatic heterocycles. The first kappa shape index (κ1) is 22.7. The number of aryl methyl sites for hydroxylation is 1. The van der Waals surface area contributed by atoms with Gasteiger partial charge in [-0.05, 0) is 42.8 Å². The fraction of sp³-hybridized carbons (Fsp3) is 0.316. The zero-order valence-corrected chi connectivity index (χ0v) is 16.9. The van der Waals surface area contributed by atoms with Gasteiger partial charge in [-0.25, -0.2) is 8.42 Å². The number of hydrogen-bond donors (Lipinski definition) is 1. The number of sulfonamides is 1. The summed E-state index contributed by atoms with van der Waals surface area (Å²) < 4.78 is 70.9. The smallest absolute Gasteiger partial charge is 0.418 e. The van der Waals surface area contributed by atoms with Crippen LogP contribution in [-0.2, 0) is 21.0 Å². The topological polar surface area (TPSA) is 75.7 Å². The van der Waals surface area contributed by atoms with Crippen LogP contribution in [0.5, 0.6) is 5.75 Å². The average Bonchev–Trinajstić information content (AvgIpc) is 2.65. The number of alkyl halides is 3. The van der Waals surface area contributed by atoms with Gasteiger partial charge >= 0.3 is 6.18 Å². The van der Waals surface area contributed by atoms with Crippen molar-refractivity contribution < 1.29 is 31.1 Å². The van der Waals surface area contributed by atoms with Gasteiger partial charge in [0.1, 0.15) is 5.75 Å². The van der Waals surface area contributed by atoms with Crippen molar-refractivity contribution in [3.63, 3.8) is 0 Å². The van der Waals surface area contributed by atoms with E-state index in [9.17, 15) is 26.4 Å². The van der Waals surface area contributed by atoms with Gasteiger partial charge in [0.15, 0.2) is 0 Å². The van der Waals surface area contributed by atoms with Crippen LogP contribution < -0.4 is 10.1 Å². The first-order valence-corrected chi connectivity index (χ1v) is 10.1. The Bertz CT molecular complexity index is 991. The number of hydrogen-bond acceptors (Lipinski definition) is 4. The molecule has 10 heteroatoms. The van der Waals surface area contributed by atoms with E-state index in [2.05, 4.69) is 5.32 Å². The van der Waals surface area contributed by atoms with Crippen molar-refractivity contribution in [2.75, 3.05) is 25.5 Å². The Labute approximate surface area is 167 Å². The Morgan fingerprint density at radius 3 is 2.38 bits per heavy atom. The van der Waals surface area contributed by atoms with Crippen LogP contribution in [-0.4, -0.2) is 38.8 Å². The minimum Gasteiger partial charge on any atom is -0.496 e. The lowest BCUT2D eigenvalue weighted by Gasteiger charge is -2.21. The number of para-hydroxylation sites is 1. The Kier molecular flexibility index (Phi) is 6.91. The van der Waals surface area contributed by atoms with Crippen molar-refractivity contribution >= 4 is 21.6 Å². The molecule has 0 radical (unpaired) electrons. The van der Waals surface area contributed by atoms with Crippen LogP contribution in [0.25, 0.3) is 0 Å². The number of rotatable bonds is 7. The Morgan fingerprint density at radius 1 is 1.17 bits per heavy atom. The van der Waals surface area contributed by atoms with Crippen LogP contribution in [0.1, 0.15) is 18.1 Å². The maximum atomic E-state index is 13.1. The molecule has 0 aliphatic heterocycles. The number of nitrogens with one attached hydrogen (secondary N) is 1. The molecule has 0 heterocycles. The second-order valence-electron chi connectivity index (χ2n) is 6.15. The third-order valence-electron chi connectivity index (χ3n) is 4.18. The summed E-state index contributed by atoms with van der Waals surface area (Å²) in [5.41, 5.74) is -0.850. The number of methoxy groups -OCH3 is 1. The summed E-state index contributed by atoms with van der Waals surface area (Å²) in [6, 6.07) is 8.75. The fourth-order valence-electron chi connectivity index (χ4n) is 2.72. The van der Waals surface area contributed by atoms with Crippen molar-refractivity contribution in [1.82, 2.24) is 4.31 Å². The minimum absolute atomic E-state index is 0.0399. The van der Waals surface area contributed by atoms with Gasteiger partial charge in [-0.3, -0.25) is 4.79 Å². The summed E-state index contributed by atoms with van der Waals surface area (Å²) in [6.07, 6.45) is -4.65. The van der Waals surface area contributed by atoms with Crippen molar-refractivity contribution in [2.45, 2.75) is 24.9 Å². The summed E-state index contributed by atoms with van der Waals surface area (Å²) in [4.78, 5) is 12.3. The number of likely N-dealkylation sites (N-methyl/N-ethyl adjacent to an activating group) is 1. The van der Waals surface area contributed by atoms with Crippen molar-refractivity contribution in [1.29, 1.82) is 0 Å². The van der Waals surface area contributed by atoms with Crippen LogP contribution in [0.3, 0.4) is 0 Å². The number of carbonyl (C=O) groups is 1. The van der Waals surface area contributed by atoms with E-state index in [0.717, 1.165) is 16.4 Å². The van der Waals surface area contributed by atoms with Gasteiger partial charge < -0.3 is 10.1 Å². The molecule has 0 saturated heterocycles. The van der Waals surface area contributed by atoms with Crippen LogP contribution in [0.15, 0.2) is 47.4 Å². The number of carbonyl (C=O) groups excluding carboxylic acids is 1. The summed E-state index contributed by atoms with van der Waals surface area (Å²) in [7, 11) is -2.57. The molecule has 2 aromatic carbocycles. The second-order valence-corrected chi connectivity index (χ2v) is 8.09. The van der Waals surface area contributed by atoms with Crippen LogP contribution >= 0.6 is 0 Å². The summed E-state index contributed by atoms with van der Waals surface area (Å²) in [5, 5.41) is 2.15. The third kappa shape index (κ3) is 5.27. The van der Waals surface area contributed by atoms with Gasteiger partial charge in [0, 0.05) is 6.54 Å². The van der Waals surface area contributed by atoms with Gasteiger partial charge in [0.25, 0.3) is 0 Å². The van der Waals surface area contributed by atoms with Gasteiger partial charge in [-0.2, -0.15) is 17.5 Å². The highest BCUT2D eigenvalue weighted by molar-refractivity contribution is 7.89. The van der Waals surface area contributed by atoms with Crippen molar-refractivity contribution in [2.24, 2.45) is 0 Å². The van der Waals surface area contributed by atoms with Crippen LogP contribution in [0.4, 0.5) is 18.9 Å². The van der Waals surface area contributed by atoms with Crippen molar-refractivity contribution in [3.8, 4) is 5.75 Å². The molecule has 2 aromatic rings. The first-order valence-electron chi connectivity index (χ1n) is 8.61. The Morgan fingerprint density at radius 2 is 1.83 bits per heavy atom. The third-order valence-corrected chi connectivity index (χ3v) is 6.10. The predicted molar refractivity (Wildman–Crippen MR) is 102 cm³/mol. The quantitative estimate of drug-likeness (QED) is 0.727. The summed E-state index contributed by atoms with van der Waals surface area (Å²) in [6.45, 7) is 2.54. The van der Waals surface area contributed by atoms with E-state index < -0.39 is 39.9 Å². The average molecular weight is 430 g/mol. The highest BCUT2D eigenvalue weighted by Crippen LogP contribution is 2.34.